The minimum Gasteiger partial charge on any atom is -0.383 e. The number of ether oxygens (including phenoxy) is 1. The lowest BCUT2D eigenvalue weighted by Crippen LogP contribution is -2.43. The first-order valence-corrected chi connectivity index (χ1v) is 6.51. The minimum atomic E-state index is -0.0272. The summed E-state index contributed by atoms with van der Waals surface area (Å²) in [5.41, 5.74) is 0. The molecule has 0 fully saturated rings. The quantitative estimate of drug-likeness (QED) is 0.677. The van der Waals surface area contributed by atoms with E-state index in [-0.39, 0.29) is 12.1 Å². The second-order valence-electron chi connectivity index (χ2n) is 3.47. The third-order valence-electron chi connectivity index (χ3n) is 2.30. The van der Waals surface area contributed by atoms with E-state index in [2.05, 4.69) is 18.5 Å². The van der Waals surface area contributed by atoms with Crippen molar-refractivity contribution in [3.63, 3.8) is 0 Å². The average molecular weight is 234 g/mol. The Balaban J connectivity index is 3.75. The number of nitrogens with zero attached hydrogens (tertiary/aromatic N) is 1. The molecule has 0 unspecified atom stereocenters. The fraction of sp³-hybridized carbons (Fsp3) is 0.900. The van der Waals surface area contributed by atoms with Crippen LogP contribution in [-0.4, -0.2) is 56.3 Å². The zero-order valence-corrected chi connectivity index (χ0v) is 10.9. The standard InChI is InChI=1S/C10H22N2O2S/c1-9(5-8-15-4)12(2)10(13)11-6-7-14-3/h9H,5-8H2,1-4H3,(H,11,13)/t9-/m0/s1. The Kier molecular flexibility index (Phi) is 8.61. The molecule has 0 aliphatic rings. The van der Waals surface area contributed by atoms with E-state index in [4.69, 9.17) is 4.74 Å². The third kappa shape index (κ3) is 6.62. The van der Waals surface area contributed by atoms with Crippen molar-refractivity contribution in [2.45, 2.75) is 19.4 Å². The van der Waals surface area contributed by atoms with Crippen LogP contribution in [0.15, 0.2) is 0 Å². The molecule has 0 spiro atoms. The van der Waals surface area contributed by atoms with Gasteiger partial charge in [-0.15, -0.1) is 0 Å². The van der Waals surface area contributed by atoms with E-state index in [1.165, 1.54) is 0 Å². The highest BCUT2D eigenvalue weighted by Crippen LogP contribution is 2.05. The summed E-state index contributed by atoms with van der Waals surface area (Å²) in [4.78, 5) is 13.3. The molecule has 0 aliphatic heterocycles. The van der Waals surface area contributed by atoms with Crippen LogP contribution in [0.2, 0.25) is 0 Å². The van der Waals surface area contributed by atoms with Gasteiger partial charge < -0.3 is 15.0 Å². The first kappa shape index (κ1) is 14.6. The number of urea groups is 1. The van der Waals surface area contributed by atoms with Gasteiger partial charge in [0, 0.05) is 26.7 Å². The van der Waals surface area contributed by atoms with Crippen LogP contribution in [0.4, 0.5) is 4.79 Å². The lowest BCUT2D eigenvalue weighted by atomic mass is 10.2. The van der Waals surface area contributed by atoms with Gasteiger partial charge in [0.15, 0.2) is 0 Å². The van der Waals surface area contributed by atoms with Crippen LogP contribution in [0.25, 0.3) is 0 Å². The van der Waals surface area contributed by atoms with Crippen molar-refractivity contribution in [2.24, 2.45) is 0 Å². The summed E-state index contributed by atoms with van der Waals surface area (Å²) in [6.45, 7) is 3.18. The number of carbonyl (C=O) groups is 1. The highest BCUT2D eigenvalue weighted by molar-refractivity contribution is 7.98. The zero-order valence-electron chi connectivity index (χ0n) is 10.1. The van der Waals surface area contributed by atoms with Gasteiger partial charge in [0.25, 0.3) is 0 Å². The molecule has 0 aromatic heterocycles. The lowest BCUT2D eigenvalue weighted by Gasteiger charge is -2.24. The van der Waals surface area contributed by atoms with Gasteiger partial charge in [0.05, 0.1) is 6.61 Å². The van der Waals surface area contributed by atoms with E-state index in [1.54, 1.807) is 23.8 Å². The summed E-state index contributed by atoms with van der Waals surface area (Å²) >= 11 is 1.80. The molecule has 0 heterocycles. The van der Waals surface area contributed by atoms with E-state index >= 15 is 0 Å². The molecule has 0 bridgehead atoms. The van der Waals surface area contributed by atoms with Gasteiger partial charge >= 0.3 is 6.03 Å². The monoisotopic (exact) mass is 234 g/mol. The Labute approximate surface area is 96.7 Å². The van der Waals surface area contributed by atoms with Crippen LogP contribution < -0.4 is 5.32 Å². The molecule has 0 radical (unpaired) electrons. The van der Waals surface area contributed by atoms with Gasteiger partial charge in [0.2, 0.25) is 0 Å². The van der Waals surface area contributed by atoms with Crippen molar-refractivity contribution in [1.29, 1.82) is 0 Å². The van der Waals surface area contributed by atoms with Gasteiger partial charge in [-0.1, -0.05) is 0 Å². The maximum absolute atomic E-state index is 11.6. The predicted molar refractivity (Wildman–Crippen MR) is 65.5 cm³/mol. The molecular formula is C10H22N2O2S. The highest BCUT2D eigenvalue weighted by Gasteiger charge is 2.14. The second kappa shape index (κ2) is 8.85. The molecule has 15 heavy (non-hydrogen) atoms. The maximum atomic E-state index is 11.6. The summed E-state index contributed by atoms with van der Waals surface area (Å²) in [6, 6.07) is 0.251. The van der Waals surface area contributed by atoms with Crippen LogP contribution in [0.1, 0.15) is 13.3 Å². The van der Waals surface area contributed by atoms with Crippen molar-refractivity contribution >= 4 is 17.8 Å². The Morgan fingerprint density at radius 2 is 2.27 bits per heavy atom. The second-order valence-corrected chi connectivity index (χ2v) is 4.45. The molecule has 1 N–H and O–H groups in total. The summed E-state index contributed by atoms with van der Waals surface area (Å²) < 4.78 is 4.86. The largest absolute Gasteiger partial charge is 0.383 e. The first-order valence-electron chi connectivity index (χ1n) is 5.12. The number of hydrogen-bond donors (Lipinski definition) is 1. The molecule has 0 aromatic carbocycles. The Morgan fingerprint density at radius 1 is 1.60 bits per heavy atom. The molecule has 0 aromatic rings. The smallest absolute Gasteiger partial charge is 0.317 e. The number of rotatable bonds is 7. The summed E-state index contributed by atoms with van der Waals surface area (Å²) in [6.07, 6.45) is 3.10. The van der Waals surface area contributed by atoms with Crippen LogP contribution >= 0.6 is 11.8 Å². The SMILES string of the molecule is COCCNC(=O)N(C)[C@@H](C)CCSC. The zero-order chi connectivity index (χ0) is 11.7. The van der Waals surface area contributed by atoms with Crippen LogP contribution in [0.5, 0.6) is 0 Å². The summed E-state index contributed by atoms with van der Waals surface area (Å²) in [7, 11) is 3.45. The Hall–Kier alpha value is -0.420. The number of hydrogen-bond acceptors (Lipinski definition) is 3. The Morgan fingerprint density at radius 3 is 2.80 bits per heavy atom. The number of amides is 2. The average Bonchev–Trinajstić information content (AvgIpc) is 2.24. The molecule has 0 saturated carbocycles. The van der Waals surface area contributed by atoms with Crippen LogP contribution in [0, 0.1) is 0 Å². The van der Waals surface area contributed by atoms with Crippen molar-refractivity contribution in [1.82, 2.24) is 10.2 Å². The molecule has 5 heteroatoms. The van der Waals surface area contributed by atoms with E-state index in [0.717, 1.165) is 12.2 Å². The highest BCUT2D eigenvalue weighted by atomic mass is 32.2. The summed E-state index contributed by atoms with van der Waals surface area (Å²) in [5.74, 6) is 1.08. The number of thioether (sulfide) groups is 1. The molecule has 2 amide bonds. The van der Waals surface area contributed by atoms with Gasteiger partial charge in [-0.25, -0.2) is 4.79 Å². The van der Waals surface area contributed by atoms with Gasteiger partial charge in [-0.3, -0.25) is 0 Å². The summed E-state index contributed by atoms with van der Waals surface area (Å²) in [5, 5.41) is 2.80. The van der Waals surface area contributed by atoms with Crippen LogP contribution in [0.3, 0.4) is 0 Å². The van der Waals surface area contributed by atoms with Crippen molar-refractivity contribution in [2.75, 3.05) is 39.3 Å². The van der Waals surface area contributed by atoms with Crippen molar-refractivity contribution < 1.29 is 9.53 Å². The molecule has 0 saturated heterocycles. The normalized spacial score (nSPS) is 12.3. The molecule has 4 nitrogen and oxygen atoms in total. The number of nitrogens with one attached hydrogen (secondary N) is 1. The third-order valence-corrected chi connectivity index (χ3v) is 2.95. The minimum absolute atomic E-state index is 0.0272. The van der Waals surface area contributed by atoms with Gasteiger partial charge in [0.1, 0.15) is 0 Å². The van der Waals surface area contributed by atoms with E-state index in [0.29, 0.717) is 13.2 Å². The van der Waals surface area contributed by atoms with E-state index < -0.39 is 0 Å². The molecule has 90 valence electrons. The number of carbonyl (C=O) groups excluding carboxylic acids is 1. The predicted octanol–water partition coefficient (Wildman–Crippen LogP) is 1.42. The van der Waals surface area contributed by atoms with E-state index in [9.17, 15) is 4.79 Å². The molecule has 1 atom stereocenters. The van der Waals surface area contributed by atoms with Crippen LogP contribution in [-0.2, 0) is 4.74 Å². The topological polar surface area (TPSA) is 41.6 Å². The lowest BCUT2D eigenvalue weighted by molar-refractivity contribution is 0.176. The van der Waals surface area contributed by atoms with Crippen molar-refractivity contribution in [3.8, 4) is 0 Å². The van der Waals surface area contributed by atoms with Gasteiger partial charge in [-0.2, -0.15) is 11.8 Å². The van der Waals surface area contributed by atoms with Crippen molar-refractivity contribution in [3.05, 3.63) is 0 Å². The fourth-order valence-electron chi connectivity index (χ4n) is 1.07. The molecular weight excluding hydrogens is 212 g/mol. The number of methoxy groups -OCH3 is 1. The molecule has 0 aliphatic carbocycles. The first-order chi connectivity index (χ1) is 7.13. The van der Waals surface area contributed by atoms with Gasteiger partial charge in [-0.05, 0) is 25.4 Å². The maximum Gasteiger partial charge on any atom is 0.317 e. The fourth-order valence-corrected chi connectivity index (χ4v) is 1.64. The molecule has 0 rings (SSSR count). The van der Waals surface area contributed by atoms with E-state index in [1.807, 2.05) is 7.05 Å². The Bertz CT molecular complexity index is 179.